The van der Waals surface area contributed by atoms with Crippen LogP contribution in [-0.4, -0.2) is 41.3 Å². The lowest BCUT2D eigenvalue weighted by molar-refractivity contribution is -0.115. The maximum atomic E-state index is 12.8. The number of carbonyl (C=O) groups excluding carboxylic acids is 1. The Morgan fingerprint density at radius 1 is 1.12 bits per heavy atom. The Morgan fingerprint density at radius 3 is 2.60 bits per heavy atom. The van der Waals surface area contributed by atoms with Gasteiger partial charge in [0.05, 0.1) is 16.3 Å². The van der Waals surface area contributed by atoms with Crippen LogP contribution in [0.1, 0.15) is 49.6 Å². The summed E-state index contributed by atoms with van der Waals surface area (Å²) in [6.45, 7) is 4.92. The third kappa shape index (κ3) is 5.51. The maximum Gasteiger partial charge on any atom is 0.237 e. The molecule has 5 aromatic rings. The highest BCUT2D eigenvalue weighted by molar-refractivity contribution is 7.81. The zero-order chi connectivity index (χ0) is 27.6. The monoisotopic (exact) mass is 551 g/mol. The highest BCUT2D eigenvalue weighted by Gasteiger charge is 2.27. The van der Waals surface area contributed by atoms with Gasteiger partial charge in [-0.3, -0.25) is 4.79 Å². The molecule has 1 saturated carbocycles. The lowest BCUT2D eigenvalue weighted by atomic mass is 9.98. The number of carbonyl (C=O) groups is 1. The molecule has 2 N–H and O–H groups in total. The fraction of sp³-hybridized carbons (Fsp3) is 0.323. The second-order valence-corrected chi connectivity index (χ2v) is 11.3. The Labute approximate surface area is 239 Å². The summed E-state index contributed by atoms with van der Waals surface area (Å²) in [5.74, 6) is 2.31. The minimum atomic E-state index is -0.284. The van der Waals surface area contributed by atoms with Gasteiger partial charge in [-0.05, 0) is 70.5 Å². The predicted molar refractivity (Wildman–Crippen MR) is 161 cm³/mol. The maximum absolute atomic E-state index is 12.8. The highest BCUT2D eigenvalue weighted by Crippen LogP contribution is 2.35. The molecular formula is C31H33N7OS. The van der Waals surface area contributed by atoms with Crippen LogP contribution in [0, 0.1) is 12.8 Å². The minimum absolute atomic E-state index is 0.0363. The van der Waals surface area contributed by atoms with Gasteiger partial charge in [0.1, 0.15) is 5.82 Å². The molecule has 0 spiro atoms. The van der Waals surface area contributed by atoms with Gasteiger partial charge in [0.25, 0.3) is 0 Å². The topological polar surface area (TPSA) is 101 Å². The summed E-state index contributed by atoms with van der Waals surface area (Å²) in [7, 11) is 0. The van der Waals surface area contributed by atoms with E-state index in [2.05, 4.69) is 93.4 Å². The molecule has 0 aliphatic heterocycles. The van der Waals surface area contributed by atoms with Crippen molar-refractivity contribution < 1.29 is 4.79 Å². The van der Waals surface area contributed by atoms with E-state index in [1.807, 2.05) is 24.3 Å². The number of aromatic nitrogens is 6. The van der Waals surface area contributed by atoms with E-state index < -0.39 is 0 Å². The van der Waals surface area contributed by atoms with Crippen molar-refractivity contribution in [1.82, 2.24) is 30.2 Å². The van der Waals surface area contributed by atoms with Gasteiger partial charge in [-0.2, -0.15) is 12.6 Å². The molecule has 8 nitrogen and oxygen atoms in total. The molecule has 0 bridgehead atoms. The van der Waals surface area contributed by atoms with Crippen LogP contribution in [0.4, 0.5) is 5.69 Å². The second-order valence-electron chi connectivity index (χ2n) is 10.7. The Hall–Kier alpha value is -3.98. The molecule has 9 heteroatoms. The third-order valence-corrected chi connectivity index (χ3v) is 8.00. The number of nitrogens with zero attached hydrogens (tertiary/aromatic N) is 5. The highest BCUT2D eigenvalue weighted by atomic mass is 32.1. The summed E-state index contributed by atoms with van der Waals surface area (Å²) in [6.07, 6.45) is 5.14. The van der Waals surface area contributed by atoms with E-state index in [4.69, 9.17) is 4.98 Å². The summed E-state index contributed by atoms with van der Waals surface area (Å²) >= 11 is 4.57. The number of nitrogens with one attached hydrogen (secondary N) is 2. The van der Waals surface area contributed by atoms with Crippen LogP contribution in [0.5, 0.6) is 0 Å². The fourth-order valence-corrected chi connectivity index (χ4v) is 5.66. The molecule has 3 aromatic carbocycles. The number of tetrazole rings is 1. The van der Waals surface area contributed by atoms with Crippen molar-refractivity contribution in [1.29, 1.82) is 0 Å². The Bertz CT molecular complexity index is 1640. The van der Waals surface area contributed by atoms with Crippen LogP contribution < -0.4 is 5.32 Å². The first-order valence-corrected chi connectivity index (χ1v) is 14.4. The number of thiol groups is 1. The van der Waals surface area contributed by atoms with Crippen molar-refractivity contribution >= 4 is 35.3 Å². The minimum Gasteiger partial charge on any atom is -0.325 e. The molecular weight excluding hydrogens is 518 g/mol. The van der Waals surface area contributed by atoms with Crippen molar-refractivity contribution in [3.63, 3.8) is 0 Å². The van der Waals surface area contributed by atoms with Crippen molar-refractivity contribution in [3.05, 3.63) is 77.6 Å². The van der Waals surface area contributed by atoms with E-state index >= 15 is 0 Å². The molecule has 1 fully saturated rings. The molecule has 6 rings (SSSR count). The van der Waals surface area contributed by atoms with Gasteiger partial charge in [-0.25, -0.2) is 10.1 Å². The Balaban J connectivity index is 1.29. The van der Waals surface area contributed by atoms with E-state index in [0.717, 1.165) is 64.1 Å². The van der Waals surface area contributed by atoms with Gasteiger partial charge in [0.2, 0.25) is 5.91 Å². The quantitative estimate of drug-likeness (QED) is 0.179. The van der Waals surface area contributed by atoms with Gasteiger partial charge in [-0.15, -0.1) is 5.10 Å². The number of hydrogen-bond donors (Lipinski definition) is 3. The van der Waals surface area contributed by atoms with Gasteiger partial charge >= 0.3 is 0 Å². The number of hydrogen-bond acceptors (Lipinski definition) is 6. The second kappa shape index (κ2) is 11.3. The van der Waals surface area contributed by atoms with E-state index in [0.29, 0.717) is 18.3 Å². The van der Waals surface area contributed by atoms with Crippen LogP contribution in [0.15, 0.2) is 60.7 Å². The fourth-order valence-electron chi connectivity index (χ4n) is 5.29. The summed E-state index contributed by atoms with van der Waals surface area (Å²) in [4.78, 5) is 17.9. The van der Waals surface area contributed by atoms with Crippen molar-refractivity contribution in [3.8, 4) is 22.5 Å². The van der Waals surface area contributed by atoms with Gasteiger partial charge < -0.3 is 9.88 Å². The smallest absolute Gasteiger partial charge is 0.237 e. The Kier molecular flexibility index (Phi) is 7.38. The average Bonchev–Trinajstić information content (AvgIpc) is 3.47. The molecule has 40 heavy (non-hydrogen) atoms. The van der Waals surface area contributed by atoms with E-state index in [1.165, 1.54) is 18.4 Å². The van der Waals surface area contributed by atoms with E-state index in [1.54, 1.807) is 0 Å². The molecule has 1 amide bonds. The van der Waals surface area contributed by atoms with E-state index in [-0.39, 0.29) is 11.2 Å². The summed E-state index contributed by atoms with van der Waals surface area (Å²) in [6, 6.07) is 20.8. The molecule has 0 radical (unpaired) electrons. The molecule has 2 heterocycles. The van der Waals surface area contributed by atoms with Gasteiger partial charge in [0, 0.05) is 24.2 Å². The van der Waals surface area contributed by atoms with Crippen LogP contribution in [0.25, 0.3) is 33.5 Å². The predicted octanol–water partition coefficient (Wildman–Crippen LogP) is 6.23. The van der Waals surface area contributed by atoms with Crippen LogP contribution >= 0.6 is 12.6 Å². The van der Waals surface area contributed by atoms with E-state index in [9.17, 15) is 4.79 Å². The SMILES string of the molecule is CCCc1nc2c(C)cc(NC(=O)[C@@H](S)CC3CC3)cc2n1Cc1ccc(-c2ccccc2-c2nnn[nH]2)cc1. The lowest BCUT2D eigenvalue weighted by Crippen LogP contribution is -2.23. The summed E-state index contributed by atoms with van der Waals surface area (Å²) in [5, 5.41) is 17.2. The number of aryl methyl sites for hydroxylation is 2. The number of rotatable bonds is 10. The molecule has 1 aliphatic carbocycles. The number of amides is 1. The normalized spacial score (nSPS) is 14.0. The summed E-state index contributed by atoms with van der Waals surface area (Å²) < 4.78 is 2.28. The van der Waals surface area contributed by atoms with Crippen LogP contribution in [0.2, 0.25) is 0 Å². The molecule has 0 saturated heterocycles. The van der Waals surface area contributed by atoms with Gasteiger partial charge in [-0.1, -0.05) is 68.3 Å². The zero-order valence-electron chi connectivity index (χ0n) is 22.8. The molecule has 1 atom stereocenters. The number of aromatic amines is 1. The zero-order valence-corrected chi connectivity index (χ0v) is 23.7. The first-order chi connectivity index (χ1) is 19.5. The van der Waals surface area contributed by atoms with Crippen molar-refractivity contribution in [2.24, 2.45) is 5.92 Å². The largest absolute Gasteiger partial charge is 0.325 e. The number of fused-ring (bicyclic) bond motifs is 1. The Morgan fingerprint density at radius 2 is 1.90 bits per heavy atom. The van der Waals surface area contributed by atoms with Crippen LogP contribution in [0.3, 0.4) is 0 Å². The van der Waals surface area contributed by atoms with Gasteiger partial charge in [0.15, 0.2) is 5.82 Å². The third-order valence-electron chi connectivity index (χ3n) is 7.55. The molecule has 1 aliphatic rings. The first kappa shape index (κ1) is 26.3. The standard InChI is InChI=1S/C31H33N7OS/c1-3-6-28-33-29-19(2)15-23(32-31(39)27(40)16-20-9-10-20)17-26(29)38(28)18-21-11-13-22(14-12-21)24-7-4-5-8-25(24)30-34-36-37-35-30/h4-5,7-8,11-15,17,20,27,40H,3,6,9-10,16,18H2,1-2H3,(H,32,39)(H,34,35,36,37)/t27-/m0/s1. The number of anilines is 1. The number of benzene rings is 3. The van der Waals surface area contributed by atoms with Crippen molar-refractivity contribution in [2.45, 2.75) is 57.7 Å². The van der Waals surface area contributed by atoms with Crippen LogP contribution in [-0.2, 0) is 17.8 Å². The number of H-pyrrole nitrogens is 1. The average molecular weight is 552 g/mol. The van der Waals surface area contributed by atoms with Crippen molar-refractivity contribution in [2.75, 3.05) is 5.32 Å². The lowest BCUT2D eigenvalue weighted by Gasteiger charge is -2.14. The molecule has 0 unspecified atom stereocenters. The summed E-state index contributed by atoms with van der Waals surface area (Å²) in [5.41, 5.74) is 8.14. The molecule has 204 valence electrons. The number of imidazole rings is 1. The molecule has 2 aromatic heterocycles. The first-order valence-electron chi connectivity index (χ1n) is 13.9.